The third kappa shape index (κ3) is 3.26. The van der Waals surface area contributed by atoms with Crippen molar-refractivity contribution in [2.24, 2.45) is 0 Å². The third-order valence-electron chi connectivity index (χ3n) is 1.77. The summed E-state index contributed by atoms with van der Waals surface area (Å²) in [6.45, 7) is 2.57. The number of carbonyl (C=O) groups is 1. The van der Waals surface area contributed by atoms with E-state index in [1.807, 2.05) is 13.0 Å². The molecule has 4 heteroatoms. The van der Waals surface area contributed by atoms with E-state index < -0.39 is 5.97 Å². The maximum atomic E-state index is 10.1. The van der Waals surface area contributed by atoms with Crippen LogP contribution in [-0.4, -0.2) is 16.1 Å². The number of nitrogens with one attached hydrogen (secondary N) is 1. The second kappa shape index (κ2) is 5.01. The fraction of sp³-hybridized carbons (Fsp3) is 0.200. The van der Waals surface area contributed by atoms with Crippen LogP contribution < -0.4 is 5.32 Å². The number of hydrogen-bond donors (Lipinski definition) is 2. The molecular formula is C10H12N2O2. The van der Waals surface area contributed by atoms with Crippen molar-refractivity contribution < 1.29 is 9.90 Å². The van der Waals surface area contributed by atoms with Gasteiger partial charge in [-0.3, -0.25) is 4.98 Å². The van der Waals surface area contributed by atoms with Crippen molar-refractivity contribution in [1.82, 2.24) is 10.3 Å². The molecule has 0 spiro atoms. The lowest BCUT2D eigenvalue weighted by Gasteiger charge is -2.03. The summed E-state index contributed by atoms with van der Waals surface area (Å²) in [6.07, 6.45) is 5.97. The average Bonchev–Trinajstić information content (AvgIpc) is 2.15. The first-order valence-corrected chi connectivity index (χ1v) is 4.22. The Morgan fingerprint density at radius 3 is 3.14 bits per heavy atom. The van der Waals surface area contributed by atoms with E-state index in [1.54, 1.807) is 12.4 Å². The molecule has 14 heavy (non-hydrogen) atoms. The van der Waals surface area contributed by atoms with E-state index in [9.17, 15) is 4.79 Å². The Morgan fingerprint density at radius 2 is 2.50 bits per heavy atom. The van der Waals surface area contributed by atoms with Crippen molar-refractivity contribution in [1.29, 1.82) is 0 Å². The van der Waals surface area contributed by atoms with Crippen molar-refractivity contribution >= 4 is 5.97 Å². The summed E-state index contributed by atoms with van der Waals surface area (Å²) in [6, 6.07) is 1.90. The summed E-state index contributed by atoms with van der Waals surface area (Å²) in [4.78, 5) is 14.1. The van der Waals surface area contributed by atoms with Gasteiger partial charge in [0.25, 0.3) is 0 Å². The van der Waals surface area contributed by atoms with Gasteiger partial charge in [0, 0.05) is 31.2 Å². The first-order chi connectivity index (χ1) is 6.70. The molecule has 1 heterocycles. The van der Waals surface area contributed by atoms with Crippen molar-refractivity contribution in [3.8, 4) is 0 Å². The van der Waals surface area contributed by atoms with Crippen LogP contribution in [0.5, 0.6) is 0 Å². The van der Waals surface area contributed by atoms with Gasteiger partial charge in [0.05, 0.1) is 0 Å². The lowest BCUT2D eigenvalue weighted by atomic mass is 10.1. The zero-order valence-corrected chi connectivity index (χ0v) is 7.90. The average molecular weight is 192 g/mol. The van der Waals surface area contributed by atoms with Gasteiger partial charge >= 0.3 is 5.97 Å². The Bertz CT molecular complexity index is 348. The number of aryl methyl sites for hydroxylation is 1. The van der Waals surface area contributed by atoms with Gasteiger partial charge in [0.15, 0.2) is 0 Å². The molecule has 0 aliphatic carbocycles. The predicted molar refractivity (Wildman–Crippen MR) is 52.6 cm³/mol. The summed E-state index contributed by atoms with van der Waals surface area (Å²) in [7, 11) is 0. The van der Waals surface area contributed by atoms with Crippen molar-refractivity contribution in [3.05, 3.63) is 41.9 Å². The lowest BCUT2D eigenvalue weighted by molar-refractivity contribution is -0.131. The molecule has 0 amide bonds. The minimum Gasteiger partial charge on any atom is -0.478 e. The van der Waals surface area contributed by atoms with Gasteiger partial charge in [-0.25, -0.2) is 4.79 Å². The number of carboxylic acids is 1. The van der Waals surface area contributed by atoms with E-state index in [2.05, 4.69) is 10.3 Å². The van der Waals surface area contributed by atoms with Crippen LogP contribution in [0.4, 0.5) is 0 Å². The number of carboxylic acid groups (broad SMARTS) is 1. The first-order valence-electron chi connectivity index (χ1n) is 4.22. The molecule has 0 aromatic carbocycles. The topological polar surface area (TPSA) is 62.2 Å². The largest absolute Gasteiger partial charge is 0.478 e. The fourth-order valence-corrected chi connectivity index (χ4v) is 1.000. The standard InChI is InChI=1S/C10H12N2O2/c1-8-6-11-4-2-9(8)7-12-5-3-10(13)14/h2-6,12H,7H2,1H3,(H,13,14)/b5-3+. The van der Waals surface area contributed by atoms with Gasteiger partial charge in [-0.1, -0.05) is 0 Å². The predicted octanol–water partition coefficient (Wildman–Crippen LogP) is 1.08. The molecule has 1 rings (SSSR count). The van der Waals surface area contributed by atoms with Crippen LogP contribution in [-0.2, 0) is 11.3 Å². The van der Waals surface area contributed by atoms with Crippen LogP contribution in [0.15, 0.2) is 30.7 Å². The van der Waals surface area contributed by atoms with Crippen LogP contribution >= 0.6 is 0 Å². The molecule has 0 bridgehead atoms. The van der Waals surface area contributed by atoms with Gasteiger partial charge in [0.1, 0.15) is 0 Å². The normalized spacial score (nSPS) is 10.4. The van der Waals surface area contributed by atoms with Crippen LogP contribution in [0.25, 0.3) is 0 Å². The number of nitrogens with zero attached hydrogens (tertiary/aromatic N) is 1. The highest BCUT2D eigenvalue weighted by atomic mass is 16.4. The number of aromatic nitrogens is 1. The molecule has 4 nitrogen and oxygen atoms in total. The summed E-state index contributed by atoms with van der Waals surface area (Å²) >= 11 is 0. The molecule has 74 valence electrons. The first kappa shape index (κ1) is 10.2. The molecule has 0 saturated carbocycles. The summed E-state index contributed by atoms with van der Waals surface area (Å²) in [5, 5.41) is 11.2. The van der Waals surface area contributed by atoms with E-state index in [-0.39, 0.29) is 0 Å². The minimum atomic E-state index is -0.955. The number of rotatable bonds is 4. The van der Waals surface area contributed by atoms with Crippen LogP contribution in [0.1, 0.15) is 11.1 Å². The molecule has 0 aliphatic heterocycles. The molecule has 0 saturated heterocycles. The Kier molecular flexibility index (Phi) is 3.67. The zero-order valence-electron chi connectivity index (χ0n) is 7.90. The van der Waals surface area contributed by atoms with E-state index in [4.69, 9.17) is 5.11 Å². The number of pyridine rings is 1. The monoisotopic (exact) mass is 192 g/mol. The van der Waals surface area contributed by atoms with E-state index in [0.29, 0.717) is 6.54 Å². The van der Waals surface area contributed by atoms with Gasteiger partial charge in [-0.15, -0.1) is 0 Å². The highest BCUT2D eigenvalue weighted by Crippen LogP contribution is 2.03. The maximum Gasteiger partial charge on any atom is 0.329 e. The molecule has 0 atom stereocenters. The van der Waals surface area contributed by atoms with E-state index in [0.717, 1.165) is 17.2 Å². The quantitative estimate of drug-likeness (QED) is 0.701. The highest BCUT2D eigenvalue weighted by molar-refractivity contribution is 5.79. The van der Waals surface area contributed by atoms with Crippen LogP contribution in [0.3, 0.4) is 0 Å². The molecule has 0 unspecified atom stereocenters. The highest BCUT2D eigenvalue weighted by Gasteiger charge is 1.94. The maximum absolute atomic E-state index is 10.1. The Morgan fingerprint density at radius 1 is 1.71 bits per heavy atom. The van der Waals surface area contributed by atoms with Gasteiger partial charge in [-0.05, 0) is 24.1 Å². The molecule has 0 fully saturated rings. The van der Waals surface area contributed by atoms with Crippen LogP contribution in [0.2, 0.25) is 0 Å². The lowest BCUT2D eigenvalue weighted by Crippen LogP contribution is -2.07. The smallest absolute Gasteiger partial charge is 0.329 e. The Hall–Kier alpha value is -1.84. The zero-order chi connectivity index (χ0) is 10.4. The molecule has 2 N–H and O–H groups in total. The number of hydrogen-bond acceptors (Lipinski definition) is 3. The third-order valence-corrected chi connectivity index (χ3v) is 1.77. The summed E-state index contributed by atoms with van der Waals surface area (Å²) in [5.41, 5.74) is 2.19. The number of aliphatic carboxylic acids is 1. The second-order valence-electron chi connectivity index (χ2n) is 2.85. The van der Waals surface area contributed by atoms with Crippen molar-refractivity contribution in [2.75, 3.05) is 0 Å². The van der Waals surface area contributed by atoms with Gasteiger partial charge < -0.3 is 10.4 Å². The molecule has 1 aromatic heterocycles. The SMILES string of the molecule is Cc1cnccc1CN/C=C/C(=O)O. The van der Waals surface area contributed by atoms with Crippen molar-refractivity contribution in [3.63, 3.8) is 0 Å². The van der Waals surface area contributed by atoms with E-state index >= 15 is 0 Å². The van der Waals surface area contributed by atoms with Gasteiger partial charge in [0.2, 0.25) is 0 Å². The van der Waals surface area contributed by atoms with Gasteiger partial charge in [-0.2, -0.15) is 0 Å². The second-order valence-corrected chi connectivity index (χ2v) is 2.85. The minimum absolute atomic E-state index is 0.609. The fourth-order valence-electron chi connectivity index (χ4n) is 1.000. The summed E-state index contributed by atoms with van der Waals surface area (Å²) in [5.74, 6) is -0.955. The Balaban J connectivity index is 2.46. The van der Waals surface area contributed by atoms with Crippen molar-refractivity contribution in [2.45, 2.75) is 13.5 Å². The molecule has 1 aromatic rings. The van der Waals surface area contributed by atoms with Crippen LogP contribution in [0, 0.1) is 6.92 Å². The summed E-state index contributed by atoms with van der Waals surface area (Å²) < 4.78 is 0. The van der Waals surface area contributed by atoms with E-state index in [1.165, 1.54) is 6.20 Å². The Labute approximate surface area is 82.3 Å². The molecule has 0 radical (unpaired) electrons. The molecular weight excluding hydrogens is 180 g/mol. The molecule has 0 aliphatic rings.